The van der Waals surface area contributed by atoms with E-state index < -0.39 is 82.9 Å². The number of nitrogens with zero attached hydrogens (tertiary/aromatic N) is 5. The van der Waals surface area contributed by atoms with Crippen molar-refractivity contribution in [2.24, 2.45) is 25.4 Å². The number of benzene rings is 6. The van der Waals surface area contributed by atoms with E-state index in [-0.39, 0.29) is 61.5 Å². The van der Waals surface area contributed by atoms with Crippen molar-refractivity contribution in [3.8, 4) is 23.0 Å². The molecule has 62 heavy (non-hydrogen) atoms. The van der Waals surface area contributed by atoms with Crippen molar-refractivity contribution in [1.82, 2.24) is 0 Å². The third-order valence-corrected chi connectivity index (χ3v) is 12.1. The fraction of sp³-hybridized carbons (Fsp3) is 0.0588. The van der Waals surface area contributed by atoms with Crippen LogP contribution in [0.4, 0.5) is 39.8 Å². The molecule has 0 radical (unpaired) electrons. The molecule has 0 bridgehead atoms. The molecule has 0 unspecified atom stereocenters. The molecule has 0 atom stereocenters. The zero-order chi connectivity index (χ0) is 45.7. The van der Waals surface area contributed by atoms with Gasteiger partial charge in [-0.2, -0.15) is 16.8 Å². The van der Waals surface area contributed by atoms with E-state index >= 15 is 0 Å². The van der Waals surface area contributed by atoms with E-state index in [0.29, 0.717) is 5.46 Å². The van der Waals surface area contributed by atoms with Gasteiger partial charge in [-0.1, -0.05) is 0 Å². The Labute approximate surface area is 350 Å². The van der Waals surface area contributed by atoms with Crippen molar-refractivity contribution >= 4 is 114 Å². The van der Waals surface area contributed by atoms with Crippen LogP contribution in [-0.2, 0) is 40.5 Å². The number of nitrogens with two attached hydrogens (primary N) is 2. The molecule has 0 saturated carbocycles. The van der Waals surface area contributed by atoms with Crippen LogP contribution in [0.25, 0.3) is 21.5 Å². The summed E-state index contributed by atoms with van der Waals surface area (Å²) in [7, 11) is -15.9. The molecule has 0 aromatic heterocycles. The van der Waals surface area contributed by atoms with Gasteiger partial charge in [0.05, 0.1) is 4.90 Å². The summed E-state index contributed by atoms with van der Waals surface area (Å²) in [6.45, 7) is 0. The second-order valence-corrected chi connectivity index (χ2v) is 18.3. The Hall–Kier alpha value is -6.66. The molecule has 28 heteroatoms. The van der Waals surface area contributed by atoms with Gasteiger partial charge in [-0.3, -0.25) is 9.11 Å². The first-order valence-corrected chi connectivity index (χ1v) is 22.4. The Morgan fingerprint density at radius 3 is 1.35 bits per heavy atom. The number of phenolic OH excluding ortho intramolecular Hbond substituents is 2. The van der Waals surface area contributed by atoms with Crippen LogP contribution in [0.3, 0.4) is 0 Å². The van der Waals surface area contributed by atoms with Gasteiger partial charge in [-0.05, 0) is 0 Å². The van der Waals surface area contributed by atoms with E-state index in [1.54, 1.807) is 0 Å². The third-order valence-electron chi connectivity index (χ3n) is 8.70. The average molecular weight is 930 g/mol. The van der Waals surface area contributed by atoms with Crippen molar-refractivity contribution in [2.75, 3.05) is 25.7 Å². The summed E-state index contributed by atoms with van der Waals surface area (Å²) >= 11 is 0. The van der Waals surface area contributed by atoms with Gasteiger partial charge in [-0.15, -0.1) is 0 Å². The zero-order valence-corrected chi connectivity index (χ0v) is 34.6. The summed E-state index contributed by atoms with van der Waals surface area (Å²) in [6, 6.07) is 13.4. The Balaban J connectivity index is 1.30. The van der Waals surface area contributed by atoms with E-state index in [0.717, 1.165) is 36.4 Å². The Bertz CT molecular complexity index is 3210. The number of azo groups is 2. The van der Waals surface area contributed by atoms with Crippen molar-refractivity contribution in [1.29, 1.82) is 0 Å². The standard InChI is InChI=1S/C34H28BN7O16S4/c1-57-25-11-17(3-5-23(25)39-41-31-27(61(51,52)53)9-15-7-19(59(45,46)47)13-21(36)29(15)33(31)43)35-38-18-4-6-24(26(12-18)58-2)40-42-32-28(62(54,55)56)10-16-8-20(60(48,49)50)14-22(37)30(16)34(32)44/h3-14,43-44H,36-37H2,1-2H3,(H,45,46,47)(H,48,49,50)(H,51,52,53)(H,54,55,56)/b41-39+,42-40+. The van der Waals surface area contributed by atoms with Crippen LogP contribution >= 0.6 is 0 Å². The second kappa shape index (κ2) is 16.3. The number of hydrogen-bond donors (Lipinski definition) is 8. The van der Waals surface area contributed by atoms with Crippen molar-refractivity contribution in [3.63, 3.8) is 0 Å². The van der Waals surface area contributed by atoms with Crippen molar-refractivity contribution in [3.05, 3.63) is 72.8 Å². The van der Waals surface area contributed by atoms with E-state index in [4.69, 9.17) is 20.9 Å². The van der Waals surface area contributed by atoms with Crippen LogP contribution in [0.2, 0.25) is 0 Å². The quantitative estimate of drug-likeness (QED) is 0.0336. The molecule has 0 aliphatic heterocycles. The van der Waals surface area contributed by atoms with Gasteiger partial charge in [0.25, 0.3) is 20.2 Å². The maximum atomic E-state index is 12.3. The molecule has 6 aromatic carbocycles. The molecule has 0 aliphatic rings. The van der Waals surface area contributed by atoms with Crippen LogP contribution in [0.15, 0.2) is 118 Å². The molecule has 0 saturated heterocycles. The fourth-order valence-corrected chi connectivity index (χ4v) is 8.33. The van der Waals surface area contributed by atoms with Gasteiger partial charge in [-0.25, -0.2) is 0 Å². The second-order valence-electron chi connectivity index (χ2n) is 12.7. The first kappa shape index (κ1) is 44.9. The number of rotatable bonds is 12. The zero-order valence-electron chi connectivity index (χ0n) is 31.3. The molecular formula is C34H28BN7O16S4. The molecular weight excluding hydrogens is 901 g/mol. The molecule has 23 nitrogen and oxygen atoms in total. The van der Waals surface area contributed by atoms with Crippen LogP contribution < -0.4 is 26.4 Å². The number of nitrogen functional groups attached to an aromatic ring is 2. The van der Waals surface area contributed by atoms with Gasteiger partial charge < -0.3 is 0 Å². The van der Waals surface area contributed by atoms with Crippen LogP contribution in [-0.4, -0.2) is 83.4 Å². The number of hydrogen-bond acceptors (Lipinski definition) is 19. The van der Waals surface area contributed by atoms with Crippen LogP contribution in [0.5, 0.6) is 23.0 Å². The molecule has 0 heterocycles. The molecule has 0 aliphatic carbocycles. The van der Waals surface area contributed by atoms with Crippen molar-refractivity contribution < 1.29 is 71.6 Å². The summed E-state index contributed by atoms with van der Waals surface area (Å²) in [4.78, 5) is 1.02. The van der Waals surface area contributed by atoms with E-state index in [1.807, 2.05) is 0 Å². The van der Waals surface area contributed by atoms with Crippen LogP contribution in [0, 0.1) is 0 Å². The minimum atomic E-state index is -5.12. The Kier molecular flexibility index (Phi) is 11.8. The number of phenols is 2. The molecule has 6 aromatic rings. The van der Waals surface area contributed by atoms with E-state index in [1.165, 1.54) is 57.7 Å². The maximum absolute atomic E-state index is 12.3. The predicted octanol–water partition coefficient (Wildman–Crippen LogP) is 5.25. The molecule has 322 valence electrons. The van der Waals surface area contributed by atoms with E-state index in [9.17, 15) is 62.1 Å². The summed E-state index contributed by atoms with van der Waals surface area (Å²) in [5, 5.41) is 36.5. The Morgan fingerprint density at radius 2 is 0.952 bits per heavy atom. The van der Waals surface area contributed by atoms with Gasteiger partial charge in [0.1, 0.15) is 0 Å². The normalized spacial score (nSPS) is 12.8. The van der Waals surface area contributed by atoms with Gasteiger partial charge in [0, 0.05) is 0 Å². The number of anilines is 2. The Morgan fingerprint density at radius 1 is 0.532 bits per heavy atom. The van der Waals surface area contributed by atoms with Crippen molar-refractivity contribution in [2.45, 2.75) is 19.6 Å². The van der Waals surface area contributed by atoms with Gasteiger partial charge in [0.15, 0.2) is 0 Å². The monoisotopic (exact) mass is 929 g/mol. The fourth-order valence-electron chi connectivity index (χ4n) is 5.91. The summed E-state index contributed by atoms with van der Waals surface area (Å²) in [6.07, 6.45) is 0. The first-order chi connectivity index (χ1) is 28.8. The summed E-state index contributed by atoms with van der Waals surface area (Å²) < 4.78 is 145. The molecule has 6 rings (SSSR count). The number of fused-ring (bicyclic) bond motifs is 2. The SMILES string of the molecule is COc1cc(/B=N/c2ccc(/N=N/c3c(S(=O)(=O)O)cc4cc(S(=O)(=O)O)cc(N)c4c3O)c(OC)c2)ccc1/N=N/c1c(S(=O)(=O)O)cc2cc(S(=O)(=O)O)cc(N)c2c1O. The third kappa shape index (κ3) is 9.16. The molecule has 0 amide bonds. The topological polar surface area (TPSA) is 390 Å². The molecule has 0 fully saturated rings. The van der Waals surface area contributed by atoms with Gasteiger partial charge in [0.2, 0.25) is 0 Å². The van der Waals surface area contributed by atoms with Crippen LogP contribution in [0.1, 0.15) is 0 Å². The molecule has 0 spiro atoms. The summed E-state index contributed by atoms with van der Waals surface area (Å²) in [5.41, 5.74) is 10.2. The van der Waals surface area contributed by atoms with Gasteiger partial charge >= 0.3 is 301 Å². The predicted molar refractivity (Wildman–Crippen MR) is 221 cm³/mol. The molecule has 10 N–H and O–H groups in total. The van der Waals surface area contributed by atoms with E-state index in [2.05, 4.69) is 25.4 Å². The minimum absolute atomic E-state index is 0.00309. The average Bonchev–Trinajstić information content (AvgIpc) is 3.17. The summed E-state index contributed by atoms with van der Waals surface area (Å²) in [5.74, 6) is -1.66. The number of ether oxygens (including phenoxy) is 2. The first-order valence-electron chi connectivity index (χ1n) is 16.6. The number of aromatic hydroxyl groups is 2. The number of methoxy groups -OCH3 is 2.